The predicted octanol–water partition coefficient (Wildman–Crippen LogP) is 5.05. The van der Waals surface area contributed by atoms with Crippen LogP contribution in [-0.4, -0.2) is 0 Å². The topological polar surface area (TPSA) is 0 Å². The maximum absolute atomic E-state index is 3.96. The van der Waals surface area contributed by atoms with Crippen molar-refractivity contribution in [1.82, 2.24) is 0 Å². The molecule has 0 saturated carbocycles. The molecule has 2 unspecified atom stereocenters. The summed E-state index contributed by atoms with van der Waals surface area (Å²) in [5.74, 6) is 2.41. The average Bonchev–Trinajstić information content (AvgIpc) is 2.16. The maximum atomic E-state index is 3.96. The molecule has 0 bridgehead atoms. The summed E-state index contributed by atoms with van der Waals surface area (Å²) in [7, 11) is 0. The Kier molecular flexibility index (Phi) is 7.93. The van der Waals surface area contributed by atoms with E-state index in [-0.39, 0.29) is 0 Å². The summed E-state index contributed by atoms with van der Waals surface area (Å²) in [5, 5.41) is 0. The third kappa shape index (κ3) is 6.23. The first-order chi connectivity index (χ1) is 6.61. The molecule has 0 fully saturated rings. The van der Waals surface area contributed by atoms with Crippen LogP contribution in [0.4, 0.5) is 0 Å². The van der Waals surface area contributed by atoms with E-state index in [0.29, 0.717) is 0 Å². The van der Waals surface area contributed by atoms with Gasteiger partial charge in [-0.05, 0) is 30.6 Å². The summed E-state index contributed by atoms with van der Waals surface area (Å²) in [4.78, 5) is 0. The molecule has 0 heteroatoms. The maximum Gasteiger partial charge on any atom is -0.0210 e. The van der Waals surface area contributed by atoms with Crippen LogP contribution in [0.5, 0.6) is 0 Å². The molecule has 0 aromatic rings. The van der Waals surface area contributed by atoms with E-state index in [9.17, 15) is 0 Å². The molecule has 0 rings (SSSR count). The molecule has 0 nitrogen and oxygen atoms in total. The van der Waals surface area contributed by atoms with E-state index in [4.69, 9.17) is 0 Å². The fourth-order valence-corrected chi connectivity index (χ4v) is 1.88. The highest BCUT2D eigenvalue weighted by atomic mass is 14.2. The highest BCUT2D eigenvalue weighted by molar-refractivity contribution is 4.82. The van der Waals surface area contributed by atoms with Crippen molar-refractivity contribution in [3.8, 4) is 0 Å². The van der Waals surface area contributed by atoms with E-state index in [1.165, 1.54) is 32.1 Å². The molecule has 0 amide bonds. The Morgan fingerprint density at radius 1 is 1.07 bits per heavy atom. The Hall–Kier alpha value is -0.260. The molecule has 0 N–H and O–H groups in total. The van der Waals surface area contributed by atoms with Crippen LogP contribution in [0.25, 0.3) is 0 Å². The van der Waals surface area contributed by atoms with Gasteiger partial charge in [-0.15, -0.1) is 6.58 Å². The Morgan fingerprint density at radius 3 is 2.14 bits per heavy atom. The summed E-state index contributed by atoms with van der Waals surface area (Å²) >= 11 is 0. The number of hydrogen-bond acceptors (Lipinski definition) is 0. The minimum Gasteiger partial charge on any atom is -0.103 e. The molecular weight excluding hydrogens is 168 g/mol. The van der Waals surface area contributed by atoms with E-state index < -0.39 is 0 Å². The fourth-order valence-electron chi connectivity index (χ4n) is 1.88. The molecule has 0 aliphatic heterocycles. The lowest BCUT2D eigenvalue weighted by atomic mass is 9.85. The van der Waals surface area contributed by atoms with Gasteiger partial charge in [-0.3, -0.25) is 0 Å². The van der Waals surface area contributed by atoms with Crippen molar-refractivity contribution in [3.63, 3.8) is 0 Å². The van der Waals surface area contributed by atoms with Gasteiger partial charge < -0.3 is 0 Å². The predicted molar refractivity (Wildman–Crippen MR) is 66.4 cm³/mol. The first kappa shape index (κ1) is 13.7. The third-order valence-electron chi connectivity index (χ3n) is 3.12. The van der Waals surface area contributed by atoms with Gasteiger partial charge in [0.25, 0.3) is 0 Å². The number of allylic oxidation sites excluding steroid dienone is 1. The third-order valence-corrected chi connectivity index (χ3v) is 3.12. The van der Waals surface area contributed by atoms with Crippen LogP contribution in [-0.2, 0) is 0 Å². The molecule has 2 atom stereocenters. The largest absolute Gasteiger partial charge is 0.103 e. The van der Waals surface area contributed by atoms with Crippen molar-refractivity contribution in [2.75, 3.05) is 0 Å². The Bertz CT molecular complexity index is 135. The lowest BCUT2D eigenvalue weighted by Crippen LogP contribution is -2.10. The van der Waals surface area contributed by atoms with E-state index >= 15 is 0 Å². The van der Waals surface area contributed by atoms with Crippen LogP contribution < -0.4 is 0 Å². The molecule has 0 aromatic carbocycles. The van der Waals surface area contributed by atoms with Crippen molar-refractivity contribution in [2.45, 2.75) is 59.8 Å². The molecule has 84 valence electrons. The van der Waals surface area contributed by atoms with Crippen molar-refractivity contribution in [3.05, 3.63) is 12.7 Å². The zero-order valence-corrected chi connectivity index (χ0v) is 10.6. The standard InChI is InChI=1S/C14H28/c1-6-8-9-14(7-2)13(5)11-10-12(3)4/h7,12-14H,2,6,8-11H2,1,3-5H3. The molecule has 0 aliphatic rings. The molecule has 0 aromatic heterocycles. The van der Waals surface area contributed by atoms with E-state index in [0.717, 1.165) is 17.8 Å². The van der Waals surface area contributed by atoms with Crippen molar-refractivity contribution < 1.29 is 0 Å². The summed E-state index contributed by atoms with van der Waals surface area (Å²) in [6, 6.07) is 0. The summed E-state index contributed by atoms with van der Waals surface area (Å²) < 4.78 is 0. The minimum absolute atomic E-state index is 0.744. The van der Waals surface area contributed by atoms with Gasteiger partial charge in [-0.1, -0.05) is 53.0 Å². The zero-order chi connectivity index (χ0) is 11.0. The van der Waals surface area contributed by atoms with Crippen LogP contribution in [0.3, 0.4) is 0 Å². The van der Waals surface area contributed by atoms with Crippen LogP contribution in [0.2, 0.25) is 0 Å². The Morgan fingerprint density at radius 2 is 1.71 bits per heavy atom. The number of unbranched alkanes of at least 4 members (excludes halogenated alkanes) is 1. The lowest BCUT2D eigenvalue weighted by Gasteiger charge is -2.21. The van der Waals surface area contributed by atoms with Crippen LogP contribution in [0, 0.1) is 17.8 Å². The first-order valence-electron chi connectivity index (χ1n) is 6.24. The van der Waals surface area contributed by atoms with Crippen molar-refractivity contribution >= 4 is 0 Å². The van der Waals surface area contributed by atoms with Gasteiger partial charge >= 0.3 is 0 Å². The smallest absolute Gasteiger partial charge is 0.0210 e. The molecule has 0 heterocycles. The molecule has 14 heavy (non-hydrogen) atoms. The van der Waals surface area contributed by atoms with Gasteiger partial charge in [0.2, 0.25) is 0 Å². The normalized spacial score (nSPS) is 15.5. The molecule has 0 saturated heterocycles. The second-order valence-corrected chi connectivity index (χ2v) is 4.99. The van der Waals surface area contributed by atoms with Crippen LogP contribution in [0.1, 0.15) is 59.8 Å². The van der Waals surface area contributed by atoms with Gasteiger partial charge in [-0.25, -0.2) is 0 Å². The van der Waals surface area contributed by atoms with E-state index in [1.807, 2.05) is 0 Å². The van der Waals surface area contributed by atoms with Gasteiger partial charge in [0, 0.05) is 0 Å². The lowest BCUT2D eigenvalue weighted by molar-refractivity contribution is 0.344. The van der Waals surface area contributed by atoms with E-state index in [2.05, 4.69) is 40.3 Å². The minimum atomic E-state index is 0.744. The summed E-state index contributed by atoms with van der Waals surface area (Å²) in [6.45, 7) is 13.2. The monoisotopic (exact) mass is 196 g/mol. The number of rotatable bonds is 8. The Labute approximate surface area is 90.8 Å². The summed E-state index contributed by atoms with van der Waals surface area (Å²) in [5.41, 5.74) is 0. The zero-order valence-electron chi connectivity index (χ0n) is 10.6. The highest BCUT2D eigenvalue weighted by Gasteiger charge is 2.13. The second-order valence-electron chi connectivity index (χ2n) is 4.99. The van der Waals surface area contributed by atoms with Crippen molar-refractivity contribution in [1.29, 1.82) is 0 Å². The summed E-state index contributed by atoms with van der Waals surface area (Å²) in [6.07, 6.45) is 8.87. The second kappa shape index (κ2) is 8.08. The molecular formula is C14H28. The van der Waals surface area contributed by atoms with Crippen LogP contribution >= 0.6 is 0 Å². The Balaban J connectivity index is 3.78. The van der Waals surface area contributed by atoms with Gasteiger partial charge in [0.1, 0.15) is 0 Å². The fraction of sp³-hybridized carbons (Fsp3) is 0.857. The first-order valence-corrected chi connectivity index (χ1v) is 6.24. The molecule has 0 aliphatic carbocycles. The van der Waals surface area contributed by atoms with Gasteiger partial charge in [0.15, 0.2) is 0 Å². The van der Waals surface area contributed by atoms with Gasteiger partial charge in [0.05, 0.1) is 0 Å². The highest BCUT2D eigenvalue weighted by Crippen LogP contribution is 2.25. The average molecular weight is 196 g/mol. The van der Waals surface area contributed by atoms with Crippen molar-refractivity contribution in [2.24, 2.45) is 17.8 Å². The van der Waals surface area contributed by atoms with E-state index in [1.54, 1.807) is 0 Å². The quantitative estimate of drug-likeness (QED) is 0.476. The SMILES string of the molecule is C=CC(CCCC)C(C)CCC(C)C. The van der Waals surface area contributed by atoms with Crippen LogP contribution in [0.15, 0.2) is 12.7 Å². The molecule has 0 spiro atoms. The number of hydrogen-bond donors (Lipinski definition) is 0. The molecule has 0 radical (unpaired) electrons. The van der Waals surface area contributed by atoms with Gasteiger partial charge in [-0.2, -0.15) is 0 Å².